The number of ketones is 1. The second-order valence-electron chi connectivity index (χ2n) is 8.25. The van der Waals surface area contributed by atoms with Crippen molar-refractivity contribution in [1.82, 2.24) is 4.98 Å². The van der Waals surface area contributed by atoms with Crippen LogP contribution in [0.5, 0.6) is 11.5 Å². The zero-order chi connectivity index (χ0) is 25.6. The summed E-state index contributed by atoms with van der Waals surface area (Å²) < 4.78 is 25.5. The molecule has 1 fully saturated rings. The highest BCUT2D eigenvalue weighted by Gasteiger charge is 2.48. The molecule has 36 heavy (non-hydrogen) atoms. The minimum absolute atomic E-state index is 0.0334. The Bertz CT molecular complexity index is 1540. The molecule has 1 saturated heterocycles. The first-order valence-electron chi connectivity index (χ1n) is 11.0. The van der Waals surface area contributed by atoms with Crippen LogP contribution < -0.4 is 14.4 Å². The number of thiazole rings is 1. The molecule has 1 aliphatic rings. The van der Waals surface area contributed by atoms with E-state index < -0.39 is 29.3 Å². The molecular formula is C27H21FN2O5S. The van der Waals surface area contributed by atoms with Crippen molar-refractivity contribution in [2.45, 2.75) is 13.0 Å². The van der Waals surface area contributed by atoms with Gasteiger partial charge in [0.1, 0.15) is 23.1 Å². The Balaban J connectivity index is 1.75. The van der Waals surface area contributed by atoms with E-state index >= 15 is 0 Å². The number of Topliss-reactive ketones (excluding diaryl/α,β-unsaturated/α-hetero) is 1. The van der Waals surface area contributed by atoms with E-state index in [-0.39, 0.29) is 16.9 Å². The Morgan fingerprint density at radius 2 is 1.78 bits per heavy atom. The zero-order valence-electron chi connectivity index (χ0n) is 19.6. The summed E-state index contributed by atoms with van der Waals surface area (Å²) in [7, 11) is 2.90. The third-order valence-electron chi connectivity index (χ3n) is 6.03. The average Bonchev–Trinajstić information content (AvgIpc) is 3.41. The first kappa shape index (κ1) is 23.5. The minimum Gasteiger partial charge on any atom is -0.507 e. The summed E-state index contributed by atoms with van der Waals surface area (Å²) in [6, 6.07) is 15.1. The molecule has 5 rings (SSSR count). The molecule has 182 valence electrons. The Kier molecular flexibility index (Phi) is 5.93. The van der Waals surface area contributed by atoms with Crippen LogP contribution in [0.1, 0.15) is 22.7 Å². The van der Waals surface area contributed by atoms with Gasteiger partial charge in [0.2, 0.25) is 0 Å². The van der Waals surface area contributed by atoms with Gasteiger partial charge in [-0.05, 0) is 60.5 Å². The highest BCUT2D eigenvalue weighted by Crippen LogP contribution is 2.45. The predicted octanol–water partition coefficient (Wildman–Crippen LogP) is 5.39. The highest BCUT2D eigenvalue weighted by atomic mass is 32.1. The van der Waals surface area contributed by atoms with Crippen LogP contribution in [-0.4, -0.2) is 36.0 Å². The number of ether oxygens (including phenoxy) is 2. The topological polar surface area (TPSA) is 89.0 Å². The van der Waals surface area contributed by atoms with E-state index in [2.05, 4.69) is 4.98 Å². The first-order chi connectivity index (χ1) is 17.3. The van der Waals surface area contributed by atoms with Crippen LogP contribution in [0.2, 0.25) is 0 Å². The SMILES string of the molecule is COc1ccc(C2/C(=C(\O)c3cc(F)ccc3OC)C(=O)C(=O)N2c2nc3ccc(C)cc3s2)cc1. The van der Waals surface area contributed by atoms with Crippen LogP contribution in [-0.2, 0) is 9.59 Å². The van der Waals surface area contributed by atoms with Gasteiger partial charge in [-0.3, -0.25) is 14.5 Å². The number of aryl methyl sites for hydroxylation is 1. The normalized spacial score (nSPS) is 17.1. The lowest BCUT2D eigenvalue weighted by molar-refractivity contribution is -0.132. The van der Waals surface area contributed by atoms with Gasteiger partial charge < -0.3 is 14.6 Å². The van der Waals surface area contributed by atoms with Crippen molar-refractivity contribution in [2.24, 2.45) is 0 Å². The molecule has 1 atom stereocenters. The van der Waals surface area contributed by atoms with Crippen LogP contribution in [0, 0.1) is 12.7 Å². The van der Waals surface area contributed by atoms with Crippen molar-refractivity contribution in [3.63, 3.8) is 0 Å². The molecule has 0 radical (unpaired) electrons. The highest BCUT2D eigenvalue weighted by molar-refractivity contribution is 7.22. The number of methoxy groups -OCH3 is 2. The third-order valence-corrected chi connectivity index (χ3v) is 7.05. The van der Waals surface area contributed by atoms with Crippen LogP contribution in [0.25, 0.3) is 16.0 Å². The molecule has 1 aliphatic heterocycles. The number of carbonyl (C=O) groups excluding carboxylic acids is 2. The fourth-order valence-electron chi connectivity index (χ4n) is 4.26. The van der Waals surface area contributed by atoms with Crippen molar-refractivity contribution >= 4 is 44.1 Å². The van der Waals surface area contributed by atoms with Gasteiger partial charge in [-0.25, -0.2) is 9.37 Å². The second-order valence-corrected chi connectivity index (χ2v) is 9.26. The van der Waals surface area contributed by atoms with Gasteiger partial charge in [-0.1, -0.05) is 29.5 Å². The summed E-state index contributed by atoms with van der Waals surface area (Å²) in [5.41, 5.74) is 2.04. The van der Waals surface area contributed by atoms with Gasteiger partial charge in [0.05, 0.1) is 41.6 Å². The quantitative estimate of drug-likeness (QED) is 0.223. The predicted molar refractivity (Wildman–Crippen MR) is 135 cm³/mol. The molecule has 1 aromatic heterocycles. The van der Waals surface area contributed by atoms with Crippen molar-refractivity contribution in [2.75, 3.05) is 19.1 Å². The fourth-order valence-corrected chi connectivity index (χ4v) is 5.35. The second kappa shape index (κ2) is 9.09. The molecule has 1 unspecified atom stereocenters. The number of fused-ring (bicyclic) bond motifs is 1. The molecule has 3 aromatic carbocycles. The molecule has 0 bridgehead atoms. The van der Waals surface area contributed by atoms with Gasteiger partial charge in [0, 0.05) is 0 Å². The number of rotatable bonds is 5. The molecule has 9 heteroatoms. The van der Waals surface area contributed by atoms with Crippen LogP contribution in [0.15, 0.2) is 66.2 Å². The maximum Gasteiger partial charge on any atom is 0.301 e. The maximum absolute atomic E-state index is 14.1. The van der Waals surface area contributed by atoms with E-state index in [1.165, 1.54) is 42.6 Å². The van der Waals surface area contributed by atoms with Crippen molar-refractivity contribution in [3.8, 4) is 11.5 Å². The lowest BCUT2D eigenvalue weighted by Gasteiger charge is -2.23. The van der Waals surface area contributed by atoms with Gasteiger partial charge in [-0.2, -0.15) is 0 Å². The molecule has 4 aromatic rings. The molecular weight excluding hydrogens is 483 g/mol. The Hall–Kier alpha value is -4.24. The molecule has 0 aliphatic carbocycles. The van der Waals surface area contributed by atoms with Crippen LogP contribution >= 0.6 is 11.3 Å². The van der Waals surface area contributed by atoms with E-state index in [0.717, 1.165) is 16.3 Å². The van der Waals surface area contributed by atoms with Gasteiger partial charge in [0.15, 0.2) is 5.13 Å². The third kappa shape index (κ3) is 3.87. The van der Waals surface area contributed by atoms with E-state index in [4.69, 9.17) is 9.47 Å². The number of aromatic nitrogens is 1. The summed E-state index contributed by atoms with van der Waals surface area (Å²) >= 11 is 1.27. The van der Waals surface area contributed by atoms with E-state index in [1.807, 2.05) is 25.1 Å². The first-order valence-corrected chi connectivity index (χ1v) is 11.8. The number of halogens is 1. The summed E-state index contributed by atoms with van der Waals surface area (Å²) in [6.45, 7) is 1.95. The molecule has 1 amide bonds. The minimum atomic E-state index is -1.01. The molecule has 2 heterocycles. The van der Waals surface area contributed by atoms with Gasteiger partial charge >= 0.3 is 5.91 Å². The Morgan fingerprint density at radius 3 is 2.47 bits per heavy atom. The number of aliphatic hydroxyl groups excluding tert-OH is 1. The molecule has 1 N–H and O–H groups in total. The smallest absolute Gasteiger partial charge is 0.301 e. The Labute approximate surface area is 210 Å². The molecule has 0 saturated carbocycles. The summed E-state index contributed by atoms with van der Waals surface area (Å²) in [4.78, 5) is 32.6. The number of hydrogen-bond donors (Lipinski definition) is 1. The largest absolute Gasteiger partial charge is 0.507 e. The van der Waals surface area contributed by atoms with E-state index in [1.54, 1.807) is 24.3 Å². The summed E-state index contributed by atoms with van der Waals surface area (Å²) in [5, 5.41) is 11.6. The van der Waals surface area contributed by atoms with E-state index in [9.17, 15) is 19.1 Å². The number of aliphatic hydroxyl groups is 1. The number of benzene rings is 3. The van der Waals surface area contributed by atoms with Crippen molar-refractivity contribution in [1.29, 1.82) is 0 Å². The van der Waals surface area contributed by atoms with Crippen LogP contribution in [0.4, 0.5) is 9.52 Å². The van der Waals surface area contributed by atoms with Gasteiger partial charge in [-0.15, -0.1) is 0 Å². The standard InChI is InChI=1S/C27H21FN2O5S/c1-14-4-10-19-21(12-14)36-27(29-19)30-23(15-5-8-17(34-2)9-6-15)22(25(32)26(30)33)24(31)18-13-16(28)7-11-20(18)35-3/h4-13,23,31H,1-3H3/b24-22+. The zero-order valence-corrected chi connectivity index (χ0v) is 20.4. The fraction of sp³-hybridized carbons (Fsp3) is 0.148. The number of hydrogen-bond acceptors (Lipinski definition) is 7. The number of anilines is 1. The van der Waals surface area contributed by atoms with Crippen molar-refractivity contribution < 1.29 is 28.6 Å². The maximum atomic E-state index is 14.1. The lowest BCUT2D eigenvalue weighted by atomic mass is 9.95. The number of carbonyl (C=O) groups is 2. The number of amides is 1. The van der Waals surface area contributed by atoms with Gasteiger partial charge in [0.25, 0.3) is 5.78 Å². The monoisotopic (exact) mass is 504 g/mol. The summed E-state index contributed by atoms with van der Waals surface area (Å²) in [5.74, 6) is -2.18. The van der Waals surface area contributed by atoms with Crippen molar-refractivity contribution in [3.05, 3.63) is 88.7 Å². The molecule has 0 spiro atoms. The average molecular weight is 505 g/mol. The summed E-state index contributed by atoms with van der Waals surface area (Å²) in [6.07, 6.45) is 0. The molecule has 7 nitrogen and oxygen atoms in total. The Morgan fingerprint density at radius 1 is 1.03 bits per heavy atom. The lowest BCUT2D eigenvalue weighted by Crippen LogP contribution is -2.29. The number of nitrogens with zero attached hydrogens (tertiary/aromatic N) is 2. The van der Waals surface area contributed by atoms with Crippen LogP contribution in [0.3, 0.4) is 0 Å². The van der Waals surface area contributed by atoms with E-state index in [0.29, 0.717) is 22.0 Å².